The van der Waals surface area contributed by atoms with Gasteiger partial charge in [0.25, 0.3) is 0 Å². The number of hydrogen-bond acceptors (Lipinski definition) is 3. The highest BCUT2D eigenvalue weighted by atomic mass is 79.9. The van der Waals surface area contributed by atoms with Gasteiger partial charge >= 0.3 is 5.97 Å². The Bertz CT molecular complexity index is 413. The van der Waals surface area contributed by atoms with Crippen molar-refractivity contribution in [3.63, 3.8) is 0 Å². The summed E-state index contributed by atoms with van der Waals surface area (Å²) in [6.45, 7) is 3.75. The number of hydrogen-bond donors (Lipinski definition) is 0. The monoisotopic (exact) mass is 269 g/mol. The average Bonchev–Trinajstić information content (AvgIpc) is 2.91. The van der Waals surface area contributed by atoms with Gasteiger partial charge in [0, 0.05) is 10.7 Å². The summed E-state index contributed by atoms with van der Waals surface area (Å²) in [5.41, 5.74) is 0.477. The molecule has 0 aromatic carbocycles. The van der Waals surface area contributed by atoms with E-state index in [9.17, 15) is 4.79 Å². The highest BCUT2D eigenvalue weighted by molar-refractivity contribution is 9.10. The molecule has 3 nitrogen and oxygen atoms in total. The van der Waals surface area contributed by atoms with Crippen LogP contribution in [0.4, 0.5) is 0 Å². The molecule has 0 bridgehead atoms. The summed E-state index contributed by atoms with van der Waals surface area (Å²) in [5, 5.41) is 0. The Kier molecular flexibility index (Phi) is 2.54. The van der Waals surface area contributed by atoms with Crippen molar-refractivity contribution in [1.82, 2.24) is 4.98 Å². The average molecular weight is 270 g/mol. The molecule has 1 aliphatic rings. The fourth-order valence-corrected chi connectivity index (χ4v) is 1.52. The fourth-order valence-electron chi connectivity index (χ4n) is 1.21. The Balaban J connectivity index is 2.16. The van der Waals surface area contributed by atoms with E-state index in [2.05, 4.69) is 20.9 Å². The van der Waals surface area contributed by atoms with E-state index in [1.165, 1.54) is 0 Å². The van der Waals surface area contributed by atoms with Crippen LogP contribution in [0.25, 0.3) is 0 Å². The van der Waals surface area contributed by atoms with E-state index in [4.69, 9.17) is 4.74 Å². The summed E-state index contributed by atoms with van der Waals surface area (Å²) in [6.07, 6.45) is 3.53. The van der Waals surface area contributed by atoms with Gasteiger partial charge in [-0.1, -0.05) is 0 Å². The molecule has 80 valence electrons. The molecule has 1 saturated carbocycles. The van der Waals surface area contributed by atoms with E-state index in [0.29, 0.717) is 5.75 Å². The normalized spacial score (nSPS) is 17.3. The van der Waals surface area contributed by atoms with Gasteiger partial charge in [-0.2, -0.15) is 0 Å². The van der Waals surface area contributed by atoms with E-state index in [-0.39, 0.29) is 11.4 Å². The summed E-state index contributed by atoms with van der Waals surface area (Å²) >= 11 is 3.30. The Morgan fingerprint density at radius 1 is 1.60 bits per heavy atom. The summed E-state index contributed by atoms with van der Waals surface area (Å²) < 4.78 is 6.14. The molecule has 0 unspecified atom stereocenters. The maximum Gasteiger partial charge on any atom is 0.317 e. The molecule has 1 aliphatic carbocycles. The molecule has 0 radical (unpaired) electrons. The van der Waals surface area contributed by atoms with Crippen molar-refractivity contribution >= 4 is 21.9 Å². The number of esters is 1. The van der Waals surface area contributed by atoms with Crippen LogP contribution in [0.3, 0.4) is 0 Å². The predicted molar refractivity (Wildman–Crippen MR) is 59.7 cm³/mol. The number of ether oxygens (including phenoxy) is 1. The third-order valence-electron chi connectivity index (χ3n) is 2.70. The molecule has 0 spiro atoms. The lowest BCUT2D eigenvalue weighted by Crippen LogP contribution is -2.19. The van der Waals surface area contributed by atoms with E-state index in [0.717, 1.165) is 23.0 Å². The van der Waals surface area contributed by atoms with Crippen LogP contribution in [0, 0.1) is 12.3 Å². The lowest BCUT2D eigenvalue weighted by atomic mass is 10.1. The first-order valence-corrected chi connectivity index (χ1v) is 5.65. The second kappa shape index (κ2) is 3.59. The number of aryl methyl sites for hydroxylation is 1. The third kappa shape index (κ3) is 2.20. The SMILES string of the molecule is Cc1ncc(Br)cc1OC(=O)C1(C)CC1. The van der Waals surface area contributed by atoms with Gasteiger partial charge in [0.2, 0.25) is 0 Å². The van der Waals surface area contributed by atoms with E-state index < -0.39 is 0 Å². The smallest absolute Gasteiger partial charge is 0.317 e. The maximum absolute atomic E-state index is 11.7. The van der Waals surface area contributed by atoms with Crippen LogP contribution >= 0.6 is 15.9 Å². The number of carbonyl (C=O) groups excluding carboxylic acids is 1. The van der Waals surface area contributed by atoms with E-state index >= 15 is 0 Å². The Hall–Kier alpha value is -0.900. The van der Waals surface area contributed by atoms with Gasteiger partial charge in [0.05, 0.1) is 11.1 Å². The van der Waals surface area contributed by atoms with Crippen LogP contribution in [0.1, 0.15) is 25.5 Å². The van der Waals surface area contributed by atoms with Crippen LogP contribution in [-0.4, -0.2) is 11.0 Å². The first-order valence-electron chi connectivity index (χ1n) is 4.86. The molecule has 0 amide bonds. The molecule has 1 heterocycles. The molecule has 1 aromatic rings. The van der Waals surface area contributed by atoms with Crippen molar-refractivity contribution in [1.29, 1.82) is 0 Å². The van der Waals surface area contributed by atoms with Gasteiger partial charge < -0.3 is 4.74 Å². The molecule has 0 saturated heterocycles. The largest absolute Gasteiger partial charge is 0.424 e. The van der Waals surface area contributed by atoms with Crippen molar-refractivity contribution in [2.45, 2.75) is 26.7 Å². The first kappa shape index (κ1) is 10.6. The molecule has 1 aromatic heterocycles. The van der Waals surface area contributed by atoms with Gasteiger partial charge in [-0.15, -0.1) is 0 Å². The van der Waals surface area contributed by atoms with Crippen LogP contribution in [0.15, 0.2) is 16.7 Å². The number of halogens is 1. The van der Waals surface area contributed by atoms with Crippen LogP contribution in [-0.2, 0) is 4.79 Å². The highest BCUT2D eigenvalue weighted by Gasteiger charge is 2.46. The molecule has 4 heteroatoms. The molecule has 2 rings (SSSR count). The molecular formula is C11H12BrNO2. The number of pyridine rings is 1. The van der Waals surface area contributed by atoms with Crippen LogP contribution < -0.4 is 4.74 Å². The Morgan fingerprint density at radius 3 is 2.87 bits per heavy atom. The van der Waals surface area contributed by atoms with E-state index in [1.54, 1.807) is 12.3 Å². The van der Waals surface area contributed by atoms with Crippen molar-refractivity contribution in [2.75, 3.05) is 0 Å². The zero-order valence-corrected chi connectivity index (χ0v) is 10.3. The van der Waals surface area contributed by atoms with Crippen molar-refractivity contribution in [2.24, 2.45) is 5.41 Å². The molecule has 1 fully saturated rings. The van der Waals surface area contributed by atoms with Gasteiger partial charge in [-0.3, -0.25) is 9.78 Å². The van der Waals surface area contributed by atoms with Gasteiger partial charge in [-0.25, -0.2) is 0 Å². The number of nitrogens with zero attached hydrogens (tertiary/aromatic N) is 1. The van der Waals surface area contributed by atoms with Gasteiger partial charge in [0.15, 0.2) is 5.75 Å². The molecule has 0 atom stereocenters. The lowest BCUT2D eigenvalue weighted by molar-refractivity contribution is -0.139. The molecule has 15 heavy (non-hydrogen) atoms. The summed E-state index contributed by atoms with van der Waals surface area (Å²) in [4.78, 5) is 15.8. The summed E-state index contributed by atoms with van der Waals surface area (Å²) in [5.74, 6) is 0.396. The molecule has 0 aliphatic heterocycles. The standard InChI is InChI=1S/C11H12BrNO2/c1-7-9(5-8(12)6-13-7)15-10(14)11(2)3-4-11/h5-6H,3-4H2,1-2H3. The lowest BCUT2D eigenvalue weighted by Gasteiger charge is -2.10. The highest BCUT2D eigenvalue weighted by Crippen LogP contribution is 2.46. The zero-order chi connectivity index (χ0) is 11.1. The minimum absolute atomic E-state index is 0.148. The Labute approximate surface area is 97.0 Å². The minimum Gasteiger partial charge on any atom is -0.424 e. The van der Waals surface area contributed by atoms with Crippen LogP contribution in [0.2, 0.25) is 0 Å². The zero-order valence-electron chi connectivity index (χ0n) is 8.71. The third-order valence-corrected chi connectivity index (χ3v) is 3.14. The fraction of sp³-hybridized carbons (Fsp3) is 0.455. The van der Waals surface area contributed by atoms with Crippen LogP contribution in [0.5, 0.6) is 5.75 Å². The number of aromatic nitrogens is 1. The second-order valence-corrected chi connectivity index (χ2v) is 5.10. The summed E-state index contributed by atoms with van der Waals surface area (Å²) in [6, 6.07) is 1.77. The topological polar surface area (TPSA) is 39.2 Å². The van der Waals surface area contributed by atoms with E-state index in [1.807, 2.05) is 13.8 Å². The molecule has 0 N–H and O–H groups in total. The summed E-state index contributed by atoms with van der Waals surface area (Å²) in [7, 11) is 0. The number of carbonyl (C=O) groups is 1. The van der Waals surface area contributed by atoms with Gasteiger partial charge in [0.1, 0.15) is 0 Å². The second-order valence-electron chi connectivity index (χ2n) is 4.19. The van der Waals surface area contributed by atoms with Crippen molar-refractivity contribution in [3.8, 4) is 5.75 Å². The van der Waals surface area contributed by atoms with Gasteiger partial charge in [-0.05, 0) is 48.7 Å². The predicted octanol–water partition coefficient (Wildman–Crippen LogP) is 2.86. The van der Waals surface area contributed by atoms with Crippen molar-refractivity contribution in [3.05, 3.63) is 22.4 Å². The quantitative estimate of drug-likeness (QED) is 0.776. The van der Waals surface area contributed by atoms with Crippen molar-refractivity contribution < 1.29 is 9.53 Å². The number of rotatable bonds is 2. The Morgan fingerprint density at radius 2 is 2.27 bits per heavy atom. The minimum atomic E-state index is -0.255. The first-order chi connectivity index (χ1) is 7.01. The molecular weight excluding hydrogens is 258 g/mol. The maximum atomic E-state index is 11.7.